The highest BCUT2D eigenvalue weighted by atomic mass is 16.5. The molecule has 0 atom stereocenters. The van der Waals surface area contributed by atoms with Crippen LogP contribution in [0.3, 0.4) is 0 Å². The number of nitrogens with one attached hydrogen (secondary N) is 1. The molecule has 0 radical (unpaired) electrons. The standard InChI is InChI=1S/C13H16N2O3/c1-9(16)7-15-11-5-10(6-14-2)3-4-12(11)18-8-13(15)17/h3-5,14H,6-8H2,1-2H3. The van der Waals surface area contributed by atoms with Gasteiger partial charge in [0.2, 0.25) is 0 Å². The van der Waals surface area contributed by atoms with E-state index in [-0.39, 0.29) is 24.8 Å². The highest BCUT2D eigenvalue weighted by Crippen LogP contribution is 2.32. The molecule has 5 heteroatoms. The Morgan fingerprint density at radius 1 is 1.50 bits per heavy atom. The van der Waals surface area contributed by atoms with Crippen molar-refractivity contribution in [3.05, 3.63) is 23.8 Å². The van der Waals surface area contributed by atoms with Crippen LogP contribution in [0.2, 0.25) is 0 Å². The van der Waals surface area contributed by atoms with Gasteiger partial charge in [0.15, 0.2) is 6.61 Å². The second-order valence-electron chi connectivity index (χ2n) is 4.30. The van der Waals surface area contributed by atoms with E-state index in [1.807, 2.05) is 25.2 Å². The molecule has 1 aromatic rings. The molecule has 0 aromatic heterocycles. The first-order chi connectivity index (χ1) is 8.61. The van der Waals surface area contributed by atoms with E-state index in [9.17, 15) is 9.59 Å². The molecule has 2 rings (SSSR count). The number of rotatable bonds is 4. The minimum Gasteiger partial charge on any atom is -0.482 e. The maximum Gasteiger partial charge on any atom is 0.265 e. The Morgan fingerprint density at radius 3 is 2.94 bits per heavy atom. The average molecular weight is 248 g/mol. The van der Waals surface area contributed by atoms with E-state index >= 15 is 0 Å². The fraction of sp³-hybridized carbons (Fsp3) is 0.385. The van der Waals surface area contributed by atoms with Gasteiger partial charge in [0, 0.05) is 6.54 Å². The van der Waals surface area contributed by atoms with Crippen LogP contribution in [0.4, 0.5) is 5.69 Å². The van der Waals surface area contributed by atoms with E-state index in [0.29, 0.717) is 18.0 Å². The van der Waals surface area contributed by atoms with Crippen molar-refractivity contribution in [1.82, 2.24) is 5.32 Å². The normalized spacial score (nSPS) is 14.1. The van der Waals surface area contributed by atoms with Crippen LogP contribution < -0.4 is 15.0 Å². The number of ketones is 1. The second-order valence-corrected chi connectivity index (χ2v) is 4.30. The lowest BCUT2D eigenvalue weighted by Gasteiger charge is -2.29. The number of carbonyl (C=O) groups is 2. The molecule has 0 fully saturated rings. The van der Waals surface area contributed by atoms with Crippen molar-refractivity contribution < 1.29 is 14.3 Å². The summed E-state index contributed by atoms with van der Waals surface area (Å²) in [6.45, 7) is 2.26. The van der Waals surface area contributed by atoms with Crippen molar-refractivity contribution in [3.8, 4) is 5.75 Å². The Morgan fingerprint density at radius 2 is 2.28 bits per heavy atom. The number of anilines is 1. The van der Waals surface area contributed by atoms with Crippen molar-refractivity contribution in [3.63, 3.8) is 0 Å². The smallest absolute Gasteiger partial charge is 0.265 e. The lowest BCUT2D eigenvalue weighted by molar-refractivity contribution is -0.123. The predicted molar refractivity (Wildman–Crippen MR) is 67.7 cm³/mol. The summed E-state index contributed by atoms with van der Waals surface area (Å²) in [7, 11) is 1.86. The molecular formula is C13H16N2O3. The van der Waals surface area contributed by atoms with Crippen LogP contribution in [-0.4, -0.2) is 31.9 Å². The zero-order valence-electron chi connectivity index (χ0n) is 10.5. The highest BCUT2D eigenvalue weighted by Gasteiger charge is 2.26. The largest absolute Gasteiger partial charge is 0.482 e. The first-order valence-electron chi connectivity index (χ1n) is 5.82. The number of ether oxygens (including phenoxy) is 1. The zero-order chi connectivity index (χ0) is 13.1. The molecular weight excluding hydrogens is 232 g/mol. The van der Waals surface area contributed by atoms with Crippen molar-refractivity contribution in [2.45, 2.75) is 13.5 Å². The van der Waals surface area contributed by atoms with Gasteiger partial charge < -0.3 is 10.1 Å². The summed E-state index contributed by atoms with van der Waals surface area (Å²) in [5.74, 6) is 0.422. The first-order valence-corrected chi connectivity index (χ1v) is 5.82. The first kappa shape index (κ1) is 12.6. The van der Waals surface area contributed by atoms with Crippen molar-refractivity contribution in [2.24, 2.45) is 0 Å². The van der Waals surface area contributed by atoms with E-state index < -0.39 is 0 Å². The van der Waals surface area contributed by atoms with Gasteiger partial charge in [-0.15, -0.1) is 0 Å². The molecule has 0 bridgehead atoms. The fourth-order valence-electron chi connectivity index (χ4n) is 1.96. The summed E-state index contributed by atoms with van der Waals surface area (Å²) in [6, 6.07) is 5.66. The van der Waals surface area contributed by atoms with Crippen LogP contribution >= 0.6 is 0 Å². The minimum atomic E-state index is -0.181. The molecule has 1 aliphatic heterocycles. The Hall–Kier alpha value is -1.88. The molecule has 1 amide bonds. The molecule has 0 saturated heterocycles. The van der Waals surface area contributed by atoms with Crippen molar-refractivity contribution >= 4 is 17.4 Å². The summed E-state index contributed by atoms with van der Waals surface area (Å²) >= 11 is 0. The number of carbonyl (C=O) groups excluding carboxylic acids is 2. The maximum absolute atomic E-state index is 11.8. The topological polar surface area (TPSA) is 58.6 Å². The van der Waals surface area contributed by atoms with E-state index in [1.54, 1.807) is 0 Å². The van der Waals surface area contributed by atoms with Crippen LogP contribution in [0.25, 0.3) is 0 Å². The molecule has 0 spiro atoms. The Bertz CT molecular complexity index is 485. The molecule has 1 aromatic carbocycles. The van der Waals surface area contributed by atoms with Gasteiger partial charge in [-0.1, -0.05) is 6.07 Å². The van der Waals surface area contributed by atoms with Gasteiger partial charge >= 0.3 is 0 Å². The monoisotopic (exact) mass is 248 g/mol. The number of hydrogen-bond acceptors (Lipinski definition) is 4. The lowest BCUT2D eigenvalue weighted by Crippen LogP contribution is -2.41. The van der Waals surface area contributed by atoms with Crippen LogP contribution in [0.5, 0.6) is 5.75 Å². The van der Waals surface area contributed by atoms with Crippen molar-refractivity contribution in [1.29, 1.82) is 0 Å². The maximum atomic E-state index is 11.8. The van der Waals surface area contributed by atoms with Gasteiger partial charge in [0.1, 0.15) is 11.5 Å². The summed E-state index contributed by atoms with van der Waals surface area (Å²) in [5.41, 5.74) is 1.72. The molecule has 1 aliphatic rings. The molecule has 1 N–H and O–H groups in total. The van der Waals surface area contributed by atoms with Gasteiger partial charge in [-0.05, 0) is 31.7 Å². The van der Waals surface area contributed by atoms with Gasteiger partial charge in [-0.25, -0.2) is 0 Å². The summed E-state index contributed by atoms with van der Waals surface area (Å²) in [6.07, 6.45) is 0. The van der Waals surface area contributed by atoms with Crippen LogP contribution in [0.15, 0.2) is 18.2 Å². The second kappa shape index (κ2) is 5.18. The number of fused-ring (bicyclic) bond motifs is 1. The van der Waals surface area contributed by atoms with Crippen LogP contribution in [-0.2, 0) is 16.1 Å². The Labute approximate surface area is 106 Å². The number of benzene rings is 1. The molecule has 0 aliphatic carbocycles. The zero-order valence-corrected chi connectivity index (χ0v) is 10.5. The quantitative estimate of drug-likeness (QED) is 0.853. The van der Waals surface area contributed by atoms with Crippen LogP contribution in [0.1, 0.15) is 12.5 Å². The van der Waals surface area contributed by atoms with E-state index in [0.717, 1.165) is 5.56 Å². The van der Waals surface area contributed by atoms with Gasteiger partial charge in [-0.3, -0.25) is 14.5 Å². The minimum absolute atomic E-state index is 0.00828. The summed E-state index contributed by atoms with van der Waals surface area (Å²) in [5, 5.41) is 3.05. The Balaban J connectivity index is 2.36. The molecule has 0 saturated carbocycles. The third kappa shape index (κ3) is 2.51. The summed E-state index contributed by atoms with van der Waals surface area (Å²) < 4.78 is 5.36. The molecule has 5 nitrogen and oxygen atoms in total. The van der Waals surface area contributed by atoms with E-state index in [4.69, 9.17) is 4.74 Å². The third-order valence-electron chi connectivity index (χ3n) is 2.73. The number of hydrogen-bond donors (Lipinski definition) is 1. The number of Topliss-reactive ketones (excluding diaryl/α,β-unsaturated/α-hetero) is 1. The average Bonchev–Trinajstić information content (AvgIpc) is 2.33. The molecule has 0 unspecified atom stereocenters. The van der Waals surface area contributed by atoms with Gasteiger partial charge in [0.05, 0.1) is 12.2 Å². The van der Waals surface area contributed by atoms with E-state index in [1.165, 1.54) is 11.8 Å². The fourth-order valence-corrected chi connectivity index (χ4v) is 1.96. The molecule has 1 heterocycles. The lowest BCUT2D eigenvalue weighted by atomic mass is 10.1. The SMILES string of the molecule is CNCc1ccc2c(c1)N(CC(C)=O)C(=O)CO2. The molecule has 96 valence electrons. The number of amides is 1. The van der Waals surface area contributed by atoms with Crippen molar-refractivity contribution in [2.75, 3.05) is 25.1 Å². The highest BCUT2D eigenvalue weighted by molar-refractivity contribution is 6.02. The Kier molecular flexibility index (Phi) is 3.62. The van der Waals surface area contributed by atoms with Gasteiger partial charge in [-0.2, -0.15) is 0 Å². The van der Waals surface area contributed by atoms with Gasteiger partial charge in [0.25, 0.3) is 5.91 Å². The molecule has 18 heavy (non-hydrogen) atoms. The summed E-state index contributed by atoms with van der Waals surface area (Å²) in [4.78, 5) is 24.5. The van der Waals surface area contributed by atoms with E-state index in [2.05, 4.69) is 5.32 Å². The van der Waals surface area contributed by atoms with Crippen LogP contribution in [0, 0.1) is 0 Å². The third-order valence-corrected chi connectivity index (χ3v) is 2.73. The predicted octanol–water partition coefficient (Wildman–Crippen LogP) is 0.720. The number of nitrogens with zero attached hydrogens (tertiary/aromatic N) is 1.